The number of amides is 1. The van der Waals surface area contributed by atoms with Gasteiger partial charge in [-0.1, -0.05) is 48.5 Å². The molecule has 23 heavy (non-hydrogen) atoms. The maximum absolute atomic E-state index is 12.0. The highest BCUT2D eigenvalue weighted by Gasteiger charge is 2.35. The van der Waals surface area contributed by atoms with E-state index in [0.717, 1.165) is 31.2 Å². The molecule has 1 aliphatic rings. The molecule has 1 N–H and O–H groups in total. The molecular formula is C18H25Cl2NO2. The van der Waals surface area contributed by atoms with Crippen molar-refractivity contribution < 1.29 is 9.53 Å². The van der Waals surface area contributed by atoms with Gasteiger partial charge in [-0.05, 0) is 51.3 Å². The van der Waals surface area contributed by atoms with Gasteiger partial charge in [0.1, 0.15) is 5.60 Å². The van der Waals surface area contributed by atoms with Gasteiger partial charge >= 0.3 is 6.09 Å². The molecule has 0 bridgehead atoms. The topological polar surface area (TPSA) is 38.3 Å². The normalized spacial score (nSPS) is 17.6. The number of hydrogen-bond acceptors (Lipinski definition) is 2. The molecule has 1 aliphatic carbocycles. The van der Waals surface area contributed by atoms with E-state index in [1.165, 1.54) is 6.42 Å². The van der Waals surface area contributed by atoms with Crippen molar-refractivity contribution in [3.8, 4) is 0 Å². The molecule has 0 unspecified atom stereocenters. The van der Waals surface area contributed by atoms with E-state index < -0.39 is 5.60 Å². The SMILES string of the molecule is CC(C)(C)OC(=O)NCC1(c2ccc(Cl)c(Cl)c2)CCCCC1. The smallest absolute Gasteiger partial charge is 0.407 e. The zero-order valence-corrected chi connectivity index (χ0v) is 15.6. The minimum Gasteiger partial charge on any atom is -0.444 e. The summed E-state index contributed by atoms with van der Waals surface area (Å²) in [5, 5.41) is 4.06. The molecule has 128 valence electrons. The van der Waals surface area contributed by atoms with Crippen LogP contribution in [0.4, 0.5) is 4.79 Å². The van der Waals surface area contributed by atoms with Gasteiger partial charge in [0, 0.05) is 12.0 Å². The lowest BCUT2D eigenvalue weighted by Gasteiger charge is -2.38. The van der Waals surface area contributed by atoms with Crippen LogP contribution in [0.3, 0.4) is 0 Å². The average molecular weight is 358 g/mol. The Bertz CT molecular complexity index is 561. The lowest BCUT2D eigenvalue weighted by molar-refractivity contribution is 0.0507. The van der Waals surface area contributed by atoms with Gasteiger partial charge < -0.3 is 10.1 Å². The summed E-state index contributed by atoms with van der Waals surface area (Å²) in [6, 6.07) is 5.80. The number of rotatable bonds is 3. The van der Waals surface area contributed by atoms with Gasteiger partial charge in [-0.2, -0.15) is 0 Å². The second kappa shape index (κ2) is 7.31. The van der Waals surface area contributed by atoms with Crippen molar-refractivity contribution in [2.45, 2.75) is 63.9 Å². The summed E-state index contributed by atoms with van der Waals surface area (Å²) in [6.07, 6.45) is 5.21. The highest BCUT2D eigenvalue weighted by atomic mass is 35.5. The maximum atomic E-state index is 12.0. The summed E-state index contributed by atoms with van der Waals surface area (Å²) in [6.45, 7) is 6.14. The lowest BCUT2D eigenvalue weighted by atomic mass is 9.69. The van der Waals surface area contributed by atoms with E-state index in [9.17, 15) is 4.79 Å². The molecule has 0 radical (unpaired) electrons. The molecular weight excluding hydrogens is 333 g/mol. The van der Waals surface area contributed by atoms with E-state index in [0.29, 0.717) is 16.6 Å². The first-order chi connectivity index (χ1) is 10.7. The van der Waals surface area contributed by atoms with Crippen molar-refractivity contribution >= 4 is 29.3 Å². The van der Waals surface area contributed by atoms with Crippen LogP contribution in [0, 0.1) is 0 Å². The molecule has 1 aromatic rings. The Kier molecular flexibility index (Phi) is 5.85. The standard InChI is InChI=1S/C18H25Cl2NO2/c1-17(2,3)23-16(22)21-12-18(9-5-4-6-10-18)13-7-8-14(19)15(20)11-13/h7-8,11H,4-6,9-10,12H2,1-3H3,(H,21,22). The molecule has 1 fully saturated rings. The Morgan fingerprint density at radius 2 is 1.83 bits per heavy atom. The summed E-state index contributed by atoms with van der Waals surface area (Å²) in [4.78, 5) is 12.0. The monoisotopic (exact) mass is 357 g/mol. The highest BCUT2D eigenvalue weighted by molar-refractivity contribution is 6.42. The van der Waals surface area contributed by atoms with Crippen LogP contribution in [0.25, 0.3) is 0 Å². The number of carbonyl (C=O) groups is 1. The zero-order chi connectivity index (χ0) is 17.1. The molecule has 0 atom stereocenters. The van der Waals surface area contributed by atoms with Crippen molar-refractivity contribution in [2.24, 2.45) is 0 Å². The largest absolute Gasteiger partial charge is 0.444 e. The number of benzene rings is 1. The predicted octanol–water partition coefficient (Wildman–Crippen LogP) is 5.72. The van der Waals surface area contributed by atoms with E-state index in [1.807, 2.05) is 39.0 Å². The summed E-state index contributed by atoms with van der Waals surface area (Å²) in [7, 11) is 0. The molecule has 1 saturated carbocycles. The molecule has 3 nitrogen and oxygen atoms in total. The molecule has 0 heterocycles. The van der Waals surface area contributed by atoms with Crippen molar-refractivity contribution in [2.75, 3.05) is 6.54 Å². The number of hydrogen-bond donors (Lipinski definition) is 1. The van der Waals surface area contributed by atoms with Gasteiger partial charge in [0.15, 0.2) is 0 Å². The fourth-order valence-electron chi connectivity index (χ4n) is 3.18. The van der Waals surface area contributed by atoms with Crippen molar-refractivity contribution in [1.82, 2.24) is 5.32 Å². The first kappa shape index (κ1) is 18.4. The van der Waals surface area contributed by atoms with Crippen LogP contribution in [-0.2, 0) is 10.2 Å². The predicted molar refractivity (Wildman–Crippen MR) is 95.5 cm³/mol. The molecule has 5 heteroatoms. The molecule has 1 aromatic carbocycles. The summed E-state index contributed by atoms with van der Waals surface area (Å²) < 4.78 is 5.36. The van der Waals surface area contributed by atoms with E-state index in [-0.39, 0.29) is 11.5 Å². The maximum Gasteiger partial charge on any atom is 0.407 e. The van der Waals surface area contributed by atoms with Crippen LogP contribution < -0.4 is 5.32 Å². The lowest BCUT2D eigenvalue weighted by Crippen LogP contribution is -2.43. The third kappa shape index (κ3) is 5.02. The number of ether oxygens (including phenoxy) is 1. The van der Waals surface area contributed by atoms with E-state index in [1.54, 1.807) is 0 Å². The summed E-state index contributed by atoms with van der Waals surface area (Å²) >= 11 is 12.2. The van der Waals surface area contributed by atoms with Gasteiger partial charge in [-0.15, -0.1) is 0 Å². The first-order valence-electron chi connectivity index (χ1n) is 8.14. The summed E-state index contributed by atoms with van der Waals surface area (Å²) in [5.41, 5.74) is 0.555. The quantitative estimate of drug-likeness (QED) is 0.750. The van der Waals surface area contributed by atoms with Gasteiger partial charge in [0.25, 0.3) is 0 Å². The van der Waals surface area contributed by atoms with Crippen LogP contribution in [0.1, 0.15) is 58.4 Å². The Morgan fingerprint density at radius 1 is 1.17 bits per heavy atom. The van der Waals surface area contributed by atoms with Crippen LogP contribution in [0.2, 0.25) is 10.0 Å². The Morgan fingerprint density at radius 3 is 2.39 bits per heavy atom. The van der Waals surface area contributed by atoms with Gasteiger partial charge in [-0.3, -0.25) is 0 Å². The number of nitrogens with one attached hydrogen (secondary N) is 1. The van der Waals surface area contributed by atoms with Crippen LogP contribution in [-0.4, -0.2) is 18.2 Å². The van der Waals surface area contributed by atoms with Crippen molar-refractivity contribution in [1.29, 1.82) is 0 Å². The van der Waals surface area contributed by atoms with Crippen molar-refractivity contribution in [3.05, 3.63) is 33.8 Å². The molecule has 0 spiro atoms. The fourth-order valence-corrected chi connectivity index (χ4v) is 3.48. The molecule has 0 aromatic heterocycles. The molecule has 0 aliphatic heterocycles. The van der Waals surface area contributed by atoms with E-state index in [2.05, 4.69) is 5.32 Å². The molecule has 2 rings (SSSR count). The highest BCUT2D eigenvalue weighted by Crippen LogP contribution is 2.40. The second-order valence-electron chi connectivity index (χ2n) is 7.33. The van der Waals surface area contributed by atoms with Gasteiger partial charge in [0.2, 0.25) is 0 Å². The van der Waals surface area contributed by atoms with E-state index >= 15 is 0 Å². The van der Waals surface area contributed by atoms with Gasteiger partial charge in [-0.25, -0.2) is 4.79 Å². The minimum atomic E-state index is -0.493. The number of alkyl carbamates (subject to hydrolysis) is 1. The van der Waals surface area contributed by atoms with E-state index in [4.69, 9.17) is 27.9 Å². The third-order valence-electron chi connectivity index (χ3n) is 4.31. The molecule has 1 amide bonds. The van der Waals surface area contributed by atoms with Gasteiger partial charge in [0.05, 0.1) is 10.0 Å². The summed E-state index contributed by atoms with van der Waals surface area (Å²) in [5.74, 6) is 0. The number of halogens is 2. The van der Waals surface area contributed by atoms with Crippen molar-refractivity contribution in [3.63, 3.8) is 0 Å². The second-order valence-corrected chi connectivity index (χ2v) is 8.14. The Balaban J connectivity index is 2.16. The zero-order valence-electron chi connectivity index (χ0n) is 14.0. The Labute approximate surface area is 148 Å². The third-order valence-corrected chi connectivity index (χ3v) is 5.05. The first-order valence-corrected chi connectivity index (χ1v) is 8.90. The van der Waals surface area contributed by atoms with Crippen LogP contribution >= 0.6 is 23.2 Å². The molecule has 0 saturated heterocycles. The van der Waals surface area contributed by atoms with Crippen LogP contribution in [0.15, 0.2) is 18.2 Å². The average Bonchev–Trinajstić information content (AvgIpc) is 2.47. The minimum absolute atomic E-state index is 0.0939. The Hall–Kier alpha value is -0.930. The van der Waals surface area contributed by atoms with Crippen LogP contribution in [0.5, 0.6) is 0 Å². The number of carbonyl (C=O) groups excluding carboxylic acids is 1. The fraction of sp³-hybridized carbons (Fsp3) is 0.611.